The first kappa shape index (κ1) is 16.1. The van der Waals surface area contributed by atoms with Crippen LogP contribution >= 0.6 is 0 Å². The molecule has 0 spiro atoms. The van der Waals surface area contributed by atoms with Gasteiger partial charge in [0.1, 0.15) is 0 Å². The van der Waals surface area contributed by atoms with Crippen LogP contribution in [0.4, 0.5) is 0 Å². The Kier molecular flexibility index (Phi) is 5.35. The Morgan fingerprint density at radius 2 is 2.00 bits per heavy atom. The zero-order chi connectivity index (χ0) is 14.0. The van der Waals surface area contributed by atoms with Gasteiger partial charge in [0, 0.05) is 5.54 Å². The molecule has 0 aromatic heterocycles. The summed E-state index contributed by atoms with van der Waals surface area (Å²) in [6.45, 7) is 12.8. The Labute approximate surface area is 116 Å². The minimum atomic E-state index is -0.0922. The lowest BCUT2D eigenvalue weighted by Gasteiger charge is -2.54. The fourth-order valence-electron chi connectivity index (χ4n) is 3.62. The molecular weight excluding hydrogens is 217 g/mol. The molecule has 1 nitrogen and oxygen atoms in total. The van der Waals surface area contributed by atoms with Gasteiger partial charge in [-0.3, -0.25) is 0 Å². The van der Waals surface area contributed by atoms with Gasteiger partial charge >= 0.3 is 0 Å². The average molecular weight is 249 g/mol. The molecule has 0 bridgehead atoms. The van der Waals surface area contributed by atoms with Gasteiger partial charge in [-0.2, -0.15) is 0 Å². The fourth-order valence-corrected chi connectivity index (χ4v) is 3.62. The predicted molar refractivity (Wildman–Crippen MR) is 82.2 cm³/mol. The number of likely N-dealkylation sites (tertiary alicyclic amines) is 1. The van der Waals surface area contributed by atoms with Crippen molar-refractivity contribution in [1.29, 1.82) is 0 Å². The maximum absolute atomic E-state index is 6.77. The van der Waals surface area contributed by atoms with E-state index in [1.54, 1.807) is 0 Å². The molecular formula is C16H32BN. The van der Waals surface area contributed by atoms with Crippen molar-refractivity contribution in [3.63, 3.8) is 0 Å². The molecule has 1 heterocycles. The summed E-state index contributed by atoms with van der Waals surface area (Å²) in [6, 6.07) is 0. The molecule has 0 saturated carbocycles. The number of hydrogen-bond acceptors (Lipinski definition) is 1. The third kappa shape index (κ3) is 3.32. The fraction of sp³-hybridized carbons (Fsp3) is 1.00. The lowest BCUT2D eigenvalue weighted by Crippen LogP contribution is -2.55. The molecule has 0 N–H and O–H groups in total. The Balaban J connectivity index is 2.97. The van der Waals surface area contributed by atoms with Crippen molar-refractivity contribution in [2.75, 3.05) is 13.6 Å². The van der Waals surface area contributed by atoms with Crippen LogP contribution in [0.3, 0.4) is 0 Å². The van der Waals surface area contributed by atoms with Crippen LogP contribution in [-0.2, 0) is 0 Å². The van der Waals surface area contributed by atoms with Crippen LogP contribution in [0.25, 0.3) is 0 Å². The van der Waals surface area contributed by atoms with Gasteiger partial charge in [-0.05, 0) is 51.6 Å². The zero-order valence-corrected chi connectivity index (χ0v) is 13.4. The number of nitrogens with zero attached hydrogens (tertiary/aromatic N) is 1. The van der Waals surface area contributed by atoms with E-state index >= 15 is 0 Å². The number of hydrogen-bond donors (Lipinski definition) is 0. The zero-order valence-electron chi connectivity index (χ0n) is 13.4. The standard InChI is InChI=1S/C16H32BN/c1-7-13(2)12-16(5)15(4,17)11-14(3)9-8-10-18(16)6/h13-14H,7-12H2,1-6H3. The van der Waals surface area contributed by atoms with E-state index in [-0.39, 0.29) is 10.9 Å². The summed E-state index contributed by atoms with van der Waals surface area (Å²) in [5.74, 6) is 1.50. The molecule has 0 aromatic rings. The van der Waals surface area contributed by atoms with Crippen molar-refractivity contribution in [3.8, 4) is 0 Å². The van der Waals surface area contributed by atoms with E-state index in [1.807, 2.05) is 0 Å². The summed E-state index contributed by atoms with van der Waals surface area (Å²) in [7, 11) is 9.04. The van der Waals surface area contributed by atoms with Crippen LogP contribution in [0.2, 0.25) is 5.31 Å². The minimum absolute atomic E-state index is 0.0922. The lowest BCUT2D eigenvalue weighted by atomic mass is 9.52. The van der Waals surface area contributed by atoms with Gasteiger partial charge in [0.05, 0.1) is 7.85 Å². The van der Waals surface area contributed by atoms with Crippen molar-refractivity contribution in [1.82, 2.24) is 4.90 Å². The second-order valence-electron chi connectivity index (χ2n) is 7.28. The van der Waals surface area contributed by atoms with E-state index < -0.39 is 0 Å². The van der Waals surface area contributed by atoms with Gasteiger partial charge in [-0.15, -0.1) is 0 Å². The highest BCUT2D eigenvalue weighted by Crippen LogP contribution is 2.49. The lowest BCUT2D eigenvalue weighted by molar-refractivity contribution is 0.0400. The summed E-state index contributed by atoms with van der Waals surface area (Å²) in [5, 5.41) is -0.0922. The second-order valence-corrected chi connectivity index (χ2v) is 7.28. The van der Waals surface area contributed by atoms with Crippen LogP contribution in [-0.4, -0.2) is 31.9 Å². The smallest absolute Gasteiger partial charge is 0.0767 e. The third-order valence-electron chi connectivity index (χ3n) is 5.48. The van der Waals surface area contributed by atoms with E-state index in [9.17, 15) is 0 Å². The number of rotatable bonds is 3. The van der Waals surface area contributed by atoms with E-state index in [0.717, 1.165) is 18.3 Å². The molecule has 1 fully saturated rings. The largest absolute Gasteiger partial charge is 0.301 e. The van der Waals surface area contributed by atoms with Gasteiger partial charge in [-0.25, -0.2) is 0 Å². The predicted octanol–water partition coefficient (Wildman–Crippen LogP) is 4.28. The van der Waals surface area contributed by atoms with Crippen LogP contribution in [0.1, 0.15) is 66.7 Å². The van der Waals surface area contributed by atoms with Crippen molar-refractivity contribution >= 4 is 7.85 Å². The first-order chi connectivity index (χ1) is 8.23. The molecule has 1 saturated heterocycles. The Morgan fingerprint density at radius 1 is 1.39 bits per heavy atom. The van der Waals surface area contributed by atoms with Crippen molar-refractivity contribution in [3.05, 3.63) is 0 Å². The highest BCUT2D eigenvalue weighted by Gasteiger charge is 2.45. The minimum Gasteiger partial charge on any atom is -0.301 e. The van der Waals surface area contributed by atoms with Crippen molar-refractivity contribution in [2.24, 2.45) is 11.8 Å². The van der Waals surface area contributed by atoms with Gasteiger partial charge < -0.3 is 4.90 Å². The molecule has 2 radical (unpaired) electrons. The average Bonchev–Trinajstić information content (AvgIpc) is 2.26. The Hall–Kier alpha value is 0.0249. The first-order valence-electron chi connectivity index (χ1n) is 7.73. The topological polar surface area (TPSA) is 3.24 Å². The molecule has 1 aliphatic heterocycles. The highest BCUT2D eigenvalue weighted by molar-refractivity contribution is 6.16. The molecule has 4 unspecified atom stereocenters. The van der Waals surface area contributed by atoms with Gasteiger partial charge in [0.15, 0.2) is 0 Å². The quantitative estimate of drug-likeness (QED) is 0.675. The molecule has 0 aromatic carbocycles. The third-order valence-corrected chi connectivity index (χ3v) is 5.48. The van der Waals surface area contributed by atoms with E-state index in [2.05, 4.69) is 46.6 Å². The molecule has 1 aliphatic rings. The van der Waals surface area contributed by atoms with E-state index in [4.69, 9.17) is 7.85 Å². The van der Waals surface area contributed by atoms with Gasteiger partial charge in [0.25, 0.3) is 0 Å². The van der Waals surface area contributed by atoms with Crippen LogP contribution in [0.15, 0.2) is 0 Å². The van der Waals surface area contributed by atoms with E-state index in [1.165, 1.54) is 32.2 Å². The SMILES string of the molecule is [B]C1(C)CC(C)CCCN(C)C1(C)CC(C)CC. The van der Waals surface area contributed by atoms with Gasteiger partial charge in [0.2, 0.25) is 0 Å². The second kappa shape index (κ2) is 5.99. The Bertz CT molecular complexity index is 264. The van der Waals surface area contributed by atoms with Gasteiger partial charge in [-0.1, -0.05) is 45.9 Å². The normalized spacial score (nSPS) is 41.1. The highest BCUT2D eigenvalue weighted by atomic mass is 15.2. The summed E-state index contributed by atoms with van der Waals surface area (Å²) in [6.07, 6.45) is 6.22. The Morgan fingerprint density at radius 3 is 2.56 bits per heavy atom. The maximum atomic E-state index is 6.77. The summed E-state index contributed by atoms with van der Waals surface area (Å²) < 4.78 is 0. The monoisotopic (exact) mass is 249 g/mol. The summed E-state index contributed by atoms with van der Waals surface area (Å²) in [5.41, 5.74) is 0.122. The van der Waals surface area contributed by atoms with Crippen LogP contribution in [0, 0.1) is 11.8 Å². The molecule has 4 atom stereocenters. The van der Waals surface area contributed by atoms with Crippen molar-refractivity contribution in [2.45, 2.75) is 77.6 Å². The van der Waals surface area contributed by atoms with Crippen LogP contribution in [0.5, 0.6) is 0 Å². The molecule has 0 aliphatic carbocycles. The van der Waals surface area contributed by atoms with Crippen molar-refractivity contribution < 1.29 is 0 Å². The maximum Gasteiger partial charge on any atom is 0.0767 e. The molecule has 18 heavy (non-hydrogen) atoms. The van der Waals surface area contributed by atoms with Crippen LogP contribution < -0.4 is 0 Å². The molecule has 0 amide bonds. The first-order valence-corrected chi connectivity index (χ1v) is 7.73. The molecule has 1 rings (SSSR count). The molecule has 104 valence electrons. The summed E-state index contributed by atoms with van der Waals surface area (Å²) >= 11 is 0. The van der Waals surface area contributed by atoms with E-state index in [0.29, 0.717) is 0 Å². The summed E-state index contributed by atoms with van der Waals surface area (Å²) in [4.78, 5) is 2.53. The molecule has 2 heteroatoms.